The maximum Gasteiger partial charge on any atom is 0.352 e. The van der Waals surface area contributed by atoms with E-state index in [2.05, 4.69) is 4.89 Å². The Morgan fingerprint density at radius 2 is 1.47 bits per heavy atom. The van der Waals surface area contributed by atoms with Crippen molar-refractivity contribution in [2.75, 3.05) is 0 Å². The molecule has 0 spiro atoms. The number of hydrogen-bond donors (Lipinski definition) is 0. The fraction of sp³-hybridized carbons (Fsp3) is 0.0667. The van der Waals surface area contributed by atoms with Crippen LogP contribution in [0.3, 0.4) is 0 Å². The van der Waals surface area contributed by atoms with Crippen LogP contribution < -0.4 is 4.89 Å². The molecule has 0 saturated carbocycles. The highest BCUT2D eigenvalue weighted by atomic mass is 17.2. The maximum absolute atomic E-state index is 10.6. The van der Waals surface area contributed by atoms with Crippen LogP contribution in [0.5, 0.6) is 5.75 Å². The summed E-state index contributed by atoms with van der Waals surface area (Å²) in [5.41, 5.74) is 2.61. The van der Waals surface area contributed by atoms with Gasteiger partial charge in [0.15, 0.2) is 5.75 Å². The van der Waals surface area contributed by atoms with Crippen molar-refractivity contribution in [3.63, 3.8) is 0 Å². The first-order chi connectivity index (χ1) is 9.19. The van der Waals surface area contributed by atoms with Gasteiger partial charge in [-0.15, -0.1) is 0 Å². The molecule has 0 bridgehead atoms. The van der Waals surface area contributed by atoms with Gasteiger partial charge in [0, 0.05) is 12.5 Å². The summed E-state index contributed by atoms with van der Waals surface area (Å²) in [6.07, 6.45) is 0.805. The van der Waals surface area contributed by atoms with Crippen molar-refractivity contribution in [2.45, 2.75) is 6.92 Å². The van der Waals surface area contributed by atoms with Gasteiger partial charge < -0.3 is 0 Å². The Hall–Kier alpha value is -2.62. The van der Waals surface area contributed by atoms with Crippen LogP contribution in [0.25, 0.3) is 11.1 Å². The van der Waals surface area contributed by atoms with Gasteiger partial charge >= 0.3 is 5.97 Å². The highest BCUT2D eigenvalue weighted by Crippen LogP contribution is 2.22. The molecule has 0 aliphatic rings. The van der Waals surface area contributed by atoms with Crippen LogP contribution in [-0.2, 0) is 9.68 Å². The first kappa shape index (κ1) is 12.8. The Bertz CT molecular complexity index is 570. The van der Waals surface area contributed by atoms with E-state index in [0.29, 0.717) is 11.3 Å². The van der Waals surface area contributed by atoms with E-state index in [1.807, 2.05) is 24.3 Å². The summed E-state index contributed by atoms with van der Waals surface area (Å²) in [5, 5.41) is 0. The number of aldehydes is 1. The standard InChI is InChI=1S/C15H12O4/c1-11(17)18-19-15-8-6-14(7-9-15)13-4-2-12(10-16)3-5-13/h2-10H,1H3. The molecule has 4 heteroatoms. The predicted molar refractivity (Wildman–Crippen MR) is 69.7 cm³/mol. The van der Waals surface area contributed by atoms with Crippen molar-refractivity contribution in [3.8, 4) is 16.9 Å². The van der Waals surface area contributed by atoms with Gasteiger partial charge in [-0.05, 0) is 23.3 Å². The third-order valence-electron chi connectivity index (χ3n) is 2.49. The van der Waals surface area contributed by atoms with E-state index >= 15 is 0 Å². The largest absolute Gasteiger partial charge is 0.352 e. The lowest BCUT2D eigenvalue weighted by Crippen LogP contribution is -2.02. The smallest absolute Gasteiger partial charge is 0.298 e. The molecule has 4 nitrogen and oxygen atoms in total. The van der Waals surface area contributed by atoms with Crippen LogP contribution in [0.15, 0.2) is 48.5 Å². The molecule has 19 heavy (non-hydrogen) atoms. The van der Waals surface area contributed by atoms with Gasteiger partial charge in [-0.1, -0.05) is 36.4 Å². The zero-order chi connectivity index (χ0) is 13.7. The van der Waals surface area contributed by atoms with E-state index in [9.17, 15) is 9.59 Å². The lowest BCUT2D eigenvalue weighted by Gasteiger charge is -2.04. The molecule has 96 valence electrons. The molecule has 0 amide bonds. The van der Waals surface area contributed by atoms with Gasteiger partial charge in [-0.2, -0.15) is 0 Å². The van der Waals surface area contributed by atoms with Crippen LogP contribution in [0, 0.1) is 0 Å². The van der Waals surface area contributed by atoms with E-state index in [1.54, 1.807) is 24.3 Å². The molecule has 2 rings (SSSR count). The zero-order valence-electron chi connectivity index (χ0n) is 10.3. The minimum Gasteiger partial charge on any atom is -0.298 e. The molecule has 0 atom stereocenters. The average Bonchev–Trinajstić information content (AvgIpc) is 2.46. The van der Waals surface area contributed by atoms with E-state index < -0.39 is 5.97 Å². The summed E-state index contributed by atoms with van der Waals surface area (Å²) in [4.78, 5) is 30.4. The second-order valence-corrected chi connectivity index (χ2v) is 3.92. The highest BCUT2D eigenvalue weighted by Gasteiger charge is 2.01. The van der Waals surface area contributed by atoms with Crippen molar-refractivity contribution >= 4 is 12.3 Å². The average molecular weight is 256 g/mol. The number of carbonyl (C=O) groups excluding carboxylic acids is 2. The Labute approximate surface area is 110 Å². The van der Waals surface area contributed by atoms with Gasteiger partial charge in [-0.3, -0.25) is 14.6 Å². The molecule has 0 aliphatic carbocycles. The fourth-order valence-corrected chi connectivity index (χ4v) is 1.56. The Morgan fingerprint density at radius 3 is 1.95 bits per heavy atom. The van der Waals surface area contributed by atoms with Crippen LogP contribution in [0.1, 0.15) is 17.3 Å². The minimum atomic E-state index is -0.506. The lowest BCUT2D eigenvalue weighted by atomic mass is 10.0. The third-order valence-corrected chi connectivity index (χ3v) is 2.49. The van der Waals surface area contributed by atoms with Crippen LogP contribution in [0.4, 0.5) is 0 Å². The monoisotopic (exact) mass is 256 g/mol. The van der Waals surface area contributed by atoms with Gasteiger partial charge in [0.25, 0.3) is 0 Å². The summed E-state index contributed by atoms with van der Waals surface area (Å²) in [6, 6.07) is 14.3. The summed E-state index contributed by atoms with van der Waals surface area (Å²) in [6.45, 7) is 1.27. The molecule has 0 unspecified atom stereocenters. The molecular formula is C15H12O4. The molecule has 0 fully saturated rings. The first-order valence-electron chi connectivity index (χ1n) is 5.70. The van der Waals surface area contributed by atoms with E-state index in [0.717, 1.165) is 17.4 Å². The Balaban J connectivity index is 2.12. The molecule has 0 aliphatic heterocycles. The van der Waals surface area contributed by atoms with Crippen LogP contribution >= 0.6 is 0 Å². The van der Waals surface area contributed by atoms with Crippen molar-refractivity contribution in [1.82, 2.24) is 0 Å². The normalized spacial score (nSPS) is 9.74. The highest BCUT2D eigenvalue weighted by molar-refractivity contribution is 5.77. The van der Waals surface area contributed by atoms with Gasteiger partial charge in [0.2, 0.25) is 0 Å². The number of rotatable bonds is 4. The molecule has 0 saturated heterocycles. The van der Waals surface area contributed by atoms with Gasteiger partial charge in [0.05, 0.1) is 0 Å². The van der Waals surface area contributed by atoms with Crippen molar-refractivity contribution in [1.29, 1.82) is 0 Å². The second kappa shape index (κ2) is 5.82. The number of hydrogen-bond acceptors (Lipinski definition) is 4. The maximum atomic E-state index is 10.6. The lowest BCUT2D eigenvalue weighted by molar-refractivity contribution is -0.210. The quantitative estimate of drug-likeness (QED) is 0.479. The molecule has 0 N–H and O–H groups in total. The number of carbonyl (C=O) groups is 2. The Morgan fingerprint density at radius 1 is 0.947 bits per heavy atom. The number of benzene rings is 2. The minimum absolute atomic E-state index is 0.448. The van der Waals surface area contributed by atoms with E-state index in [-0.39, 0.29) is 0 Å². The van der Waals surface area contributed by atoms with Gasteiger partial charge in [0.1, 0.15) is 6.29 Å². The third kappa shape index (κ3) is 3.42. The first-order valence-corrected chi connectivity index (χ1v) is 5.70. The van der Waals surface area contributed by atoms with Crippen LogP contribution in [-0.4, -0.2) is 12.3 Å². The molecule has 0 heterocycles. The summed E-state index contributed by atoms with van der Waals surface area (Å²) < 4.78 is 0. The summed E-state index contributed by atoms with van der Waals surface area (Å²) in [7, 11) is 0. The predicted octanol–water partition coefficient (Wildman–Crippen LogP) is 3.02. The van der Waals surface area contributed by atoms with E-state index in [4.69, 9.17) is 4.89 Å². The van der Waals surface area contributed by atoms with Gasteiger partial charge in [-0.25, -0.2) is 4.79 Å². The summed E-state index contributed by atoms with van der Waals surface area (Å²) >= 11 is 0. The Kier molecular flexibility index (Phi) is 3.93. The zero-order valence-corrected chi connectivity index (χ0v) is 10.3. The molecular weight excluding hydrogens is 244 g/mol. The topological polar surface area (TPSA) is 52.6 Å². The molecule has 2 aromatic rings. The van der Waals surface area contributed by atoms with Crippen molar-refractivity contribution in [2.24, 2.45) is 0 Å². The summed E-state index contributed by atoms with van der Waals surface area (Å²) in [5.74, 6) is -0.0583. The van der Waals surface area contributed by atoms with Crippen LogP contribution in [0.2, 0.25) is 0 Å². The molecule has 0 radical (unpaired) electrons. The molecule has 2 aromatic carbocycles. The SMILES string of the molecule is CC(=O)OOc1ccc(-c2ccc(C=O)cc2)cc1. The fourth-order valence-electron chi connectivity index (χ4n) is 1.56. The molecule has 0 aromatic heterocycles. The van der Waals surface area contributed by atoms with Crippen molar-refractivity contribution in [3.05, 3.63) is 54.1 Å². The van der Waals surface area contributed by atoms with Crippen molar-refractivity contribution < 1.29 is 19.4 Å². The second-order valence-electron chi connectivity index (χ2n) is 3.92. The van der Waals surface area contributed by atoms with E-state index in [1.165, 1.54) is 6.92 Å².